The lowest BCUT2D eigenvalue weighted by molar-refractivity contribution is -0.131. The molecule has 18 heavy (non-hydrogen) atoms. The van der Waals surface area contributed by atoms with E-state index in [1.165, 1.54) is 0 Å². The van der Waals surface area contributed by atoms with Crippen LogP contribution in [0.25, 0.3) is 0 Å². The molecule has 0 saturated carbocycles. The monoisotopic (exact) mass is 257 g/mol. The van der Waals surface area contributed by atoms with Gasteiger partial charge in [0.15, 0.2) is 0 Å². The first kappa shape index (κ1) is 15.4. The molecule has 0 spiro atoms. The molecular formula is C13H27N3O2. The Hall–Kier alpha value is -0.650. The van der Waals surface area contributed by atoms with Crippen LogP contribution in [0.3, 0.4) is 0 Å². The van der Waals surface area contributed by atoms with Gasteiger partial charge in [-0.1, -0.05) is 13.8 Å². The quantitative estimate of drug-likeness (QED) is 0.721. The standard InChI is InChI=1S/C13H27N3O2/c1-11(2)12(14)10-13(18)16-5-3-4-15(6-7-16)8-9-17/h11-12,17H,3-10,14H2,1-2H3. The van der Waals surface area contributed by atoms with Gasteiger partial charge in [-0.05, 0) is 18.9 Å². The second-order valence-corrected chi connectivity index (χ2v) is 5.41. The number of nitrogens with zero attached hydrogens (tertiary/aromatic N) is 2. The fourth-order valence-electron chi connectivity index (χ4n) is 2.15. The third kappa shape index (κ3) is 4.92. The number of β-amino-alcohol motifs (C(OH)–C–C–N with tert-alkyl or cyclic N) is 1. The molecular weight excluding hydrogens is 230 g/mol. The molecule has 1 fully saturated rings. The van der Waals surface area contributed by atoms with E-state index in [2.05, 4.69) is 4.90 Å². The van der Waals surface area contributed by atoms with Crippen LogP contribution in [-0.4, -0.2) is 66.2 Å². The molecule has 0 aromatic rings. The van der Waals surface area contributed by atoms with E-state index in [4.69, 9.17) is 10.8 Å². The number of carbonyl (C=O) groups is 1. The Bertz CT molecular complexity index is 259. The molecule has 3 N–H and O–H groups in total. The number of aliphatic hydroxyl groups excluding tert-OH is 1. The highest BCUT2D eigenvalue weighted by Gasteiger charge is 2.21. The average Bonchev–Trinajstić information content (AvgIpc) is 2.55. The Balaban J connectivity index is 2.40. The summed E-state index contributed by atoms with van der Waals surface area (Å²) in [6, 6.07) is -0.0469. The summed E-state index contributed by atoms with van der Waals surface area (Å²) < 4.78 is 0. The third-order valence-corrected chi connectivity index (χ3v) is 3.62. The first-order chi connectivity index (χ1) is 8.54. The van der Waals surface area contributed by atoms with Gasteiger partial charge in [0.25, 0.3) is 0 Å². The van der Waals surface area contributed by atoms with E-state index in [0.717, 1.165) is 32.6 Å². The predicted octanol–water partition coefficient (Wildman–Crippen LogP) is -0.114. The summed E-state index contributed by atoms with van der Waals surface area (Å²) >= 11 is 0. The number of nitrogens with two attached hydrogens (primary N) is 1. The van der Waals surface area contributed by atoms with Gasteiger partial charge in [-0.25, -0.2) is 0 Å². The van der Waals surface area contributed by atoms with Gasteiger partial charge in [0.05, 0.1) is 6.61 Å². The fraction of sp³-hybridized carbons (Fsp3) is 0.923. The van der Waals surface area contributed by atoms with Gasteiger partial charge < -0.3 is 15.7 Å². The van der Waals surface area contributed by atoms with Crippen molar-refractivity contribution in [1.82, 2.24) is 9.80 Å². The van der Waals surface area contributed by atoms with Crippen molar-refractivity contribution in [2.75, 3.05) is 39.3 Å². The minimum absolute atomic E-state index is 0.0469. The van der Waals surface area contributed by atoms with Crippen LogP contribution < -0.4 is 5.73 Å². The smallest absolute Gasteiger partial charge is 0.224 e. The highest BCUT2D eigenvalue weighted by molar-refractivity contribution is 5.76. The minimum atomic E-state index is -0.0469. The average molecular weight is 257 g/mol. The Morgan fingerprint density at radius 3 is 2.61 bits per heavy atom. The second-order valence-electron chi connectivity index (χ2n) is 5.41. The van der Waals surface area contributed by atoms with E-state index in [0.29, 0.717) is 18.9 Å². The van der Waals surface area contributed by atoms with Gasteiger partial charge in [-0.15, -0.1) is 0 Å². The fourth-order valence-corrected chi connectivity index (χ4v) is 2.15. The van der Waals surface area contributed by atoms with Gasteiger partial charge in [-0.2, -0.15) is 0 Å². The van der Waals surface area contributed by atoms with Gasteiger partial charge in [-0.3, -0.25) is 9.69 Å². The number of amides is 1. The maximum atomic E-state index is 12.1. The van der Waals surface area contributed by atoms with Crippen molar-refractivity contribution in [2.24, 2.45) is 11.7 Å². The van der Waals surface area contributed by atoms with Crippen molar-refractivity contribution >= 4 is 5.91 Å². The Morgan fingerprint density at radius 2 is 2.00 bits per heavy atom. The molecule has 1 rings (SSSR count). The molecule has 5 nitrogen and oxygen atoms in total. The molecule has 1 aliphatic rings. The van der Waals surface area contributed by atoms with Gasteiger partial charge >= 0.3 is 0 Å². The summed E-state index contributed by atoms with van der Waals surface area (Å²) in [5, 5.41) is 8.93. The predicted molar refractivity (Wildman–Crippen MR) is 72.2 cm³/mol. The van der Waals surface area contributed by atoms with Crippen LogP contribution in [-0.2, 0) is 4.79 Å². The molecule has 1 heterocycles. The summed E-state index contributed by atoms with van der Waals surface area (Å²) in [6.07, 6.45) is 1.42. The molecule has 1 unspecified atom stereocenters. The van der Waals surface area contributed by atoms with Gasteiger partial charge in [0.2, 0.25) is 5.91 Å². The molecule has 0 aromatic heterocycles. The van der Waals surface area contributed by atoms with Crippen LogP contribution >= 0.6 is 0 Å². The normalized spacial score (nSPS) is 19.9. The van der Waals surface area contributed by atoms with Crippen molar-refractivity contribution in [1.29, 1.82) is 0 Å². The minimum Gasteiger partial charge on any atom is -0.395 e. The molecule has 1 saturated heterocycles. The van der Waals surface area contributed by atoms with Crippen LogP contribution in [0, 0.1) is 5.92 Å². The number of hydrogen-bond donors (Lipinski definition) is 2. The van der Waals surface area contributed by atoms with E-state index < -0.39 is 0 Å². The third-order valence-electron chi connectivity index (χ3n) is 3.62. The van der Waals surface area contributed by atoms with Crippen molar-refractivity contribution in [3.63, 3.8) is 0 Å². The Morgan fingerprint density at radius 1 is 1.28 bits per heavy atom. The largest absolute Gasteiger partial charge is 0.395 e. The van der Waals surface area contributed by atoms with Crippen molar-refractivity contribution in [2.45, 2.75) is 32.7 Å². The lowest BCUT2D eigenvalue weighted by Crippen LogP contribution is -2.40. The molecule has 0 aromatic carbocycles. The van der Waals surface area contributed by atoms with E-state index in [9.17, 15) is 4.79 Å². The first-order valence-corrected chi connectivity index (χ1v) is 6.91. The van der Waals surface area contributed by atoms with Gasteiger partial charge in [0.1, 0.15) is 0 Å². The second kappa shape index (κ2) is 7.71. The van der Waals surface area contributed by atoms with Crippen molar-refractivity contribution < 1.29 is 9.90 Å². The Kier molecular flexibility index (Phi) is 6.60. The number of aliphatic hydroxyl groups is 1. The van der Waals surface area contributed by atoms with Crippen molar-refractivity contribution in [3.8, 4) is 0 Å². The number of hydrogen-bond acceptors (Lipinski definition) is 4. The zero-order valence-corrected chi connectivity index (χ0v) is 11.6. The highest BCUT2D eigenvalue weighted by atomic mass is 16.3. The van der Waals surface area contributed by atoms with Crippen LogP contribution in [0.2, 0.25) is 0 Å². The van der Waals surface area contributed by atoms with Crippen LogP contribution in [0.5, 0.6) is 0 Å². The van der Waals surface area contributed by atoms with Crippen LogP contribution in [0.1, 0.15) is 26.7 Å². The van der Waals surface area contributed by atoms with Gasteiger partial charge in [0, 0.05) is 38.6 Å². The van der Waals surface area contributed by atoms with Crippen LogP contribution in [0.4, 0.5) is 0 Å². The first-order valence-electron chi connectivity index (χ1n) is 6.91. The maximum Gasteiger partial charge on any atom is 0.224 e. The topological polar surface area (TPSA) is 69.8 Å². The summed E-state index contributed by atoms with van der Waals surface area (Å²) in [4.78, 5) is 16.2. The molecule has 1 aliphatic heterocycles. The molecule has 0 radical (unpaired) electrons. The van der Waals surface area contributed by atoms with Crippen molar-refractivity contribution in [3.05, 3.63) is 0 Å². The van der Waals surface area contributed by atoms with E-state index in [1.807, 2.05) is 18.7 Å². The number of carbonyl (C=O) groups excluding carboxylic acids is 1. The maximum absolute atomic E-state index is 12.1. The summed E-state index contributed by atoms with van der Waals surface area (Å²) in [5.74, 6) is 0.508. The van der Waals surface area contributed by atoms with E-state index >= 15 is 0 Å². The zero-order chi connectivity index (χ0) is 13.5. The molecule has 1 amide bonds. The summed E-state index contributed by atoms with van der Waals surface area (Å²) in [6.45, 7) is 8.35. The number of rotatable bonds is 5. The summed E-state index contributed by atoms with van der Waals surface area (Å²) in [7, 11) is 0. The molecule has 0 bridgehead atoms. The highest BCUT2D eigenvalue weighted by Crippen LogP contribution is 2.09. The van der Waals surface area contributed by atoms with E-state index in [1.54, 1.807) is 0 Å². The Labute approximate surface area is 110 Å². The van der Waals surface area contributed by atoms with Crippen LogP contribution in [0.15, 0.2) is 0 Å². The SMILES string of the molecule is CC(C)C(N)CC(=O)N1CCCN(CCO)CC1. The zero-order valence-electron chi connectivity index (χ0n) is 11.6. The molecule has 0 aliphatic carbocycles. The van der Waals surface area contributed by atoms with E-state index in [-0.39, 0.29) is 18.6 Å². The lowest BCUT2D eigenvalue weighted by atomic mass is 10.0. The summed E-state index contributed by atoms with van der Waals surface area (Å²) in [5.41, 5.74) is 5.95. The molecule has 106 valence electrons. The molecule has 1 atom stereocenters. The lowest BCUT2D eigenvalue weighted by Gasteiger charge is -2.24. The molecule has 5 heteroatoms.